The number of aromatic amines is 1. The van der Waals surface area contributed by atoms with Crippen molar-refractivity contribution in [2.24, 2.45) is 0 Å². The highest BCUT2D eigenvalue weighted by molar-refractivity contribution is 5.61. The number of hydrogen-bond acceptors (Lipinski definition) is 5. The van der Waals surface area contributed by atoms with E-state index >= 15 is 0 Å². The highest BCUT2D eigenvalue weighted by Crippen LogP contribution is 2.27. The van der Waals surface area contributed by atoms with E-state index in [0.717, 1.165) is 0 Å². The van der Waals surface area contributed by atoms with E-state index in [1.165, 1.54) is 6.07 Å². The number of anilines is 1. The maximum Gasteiger partial charge on any atom is 0.253 e. The van der Waals surface area contributed by atoms with Gasteiger partial charge in [0.1, 0.15) is 23.1 Å². The van der Waals surface area contributed by atoms with Gasteiger partial charge in [-0.05, 0) is 12.1 Å². The van der Waals surface area contributed by atoms with Gasteiger partial charge in [0.05, 0.1) is 14.2 Å². The summed E-state index contributed by atoms with van der Waals surface area (Å²) in [6, 6.07) is 6.43. The molecule has 18 heavy (non-hydrogen) atoms. The summed E-state index contributed by atoms with van der Waals surface area (Å²) in [5.41, 5.74) is 5.90. The third kappa shape index (κ3) is 2.42. The lowest BCUT2D eigenvalue weighted by atomic mass is 10.2. The molecule has 0 spiro atoms. The molecule has 94 valence electrons. The Bertz CT molecular complexity index is 600. The quantitative estimate of drug-likeness (QED) is 0.845. The van der Waals surface area contributed by atoms with Gasteiger partial charge in [-0.15, -0.1) is 0 Å². The number of nitrogens with one attached hydrogen (secondary N) is 1. The second kappa shape index (κ2) is 4.79. The van der Waals surface area contributed by atoms with Crippen LogP contribution >= 0.6 is 0 Å². The number of nitrogen functional groups attached to an aromatic ring is 1. The second-order valence-corrected chi connectivity index (χ2v) is 3.62. The molecule has 2 rings (SSSR count). The smallest absolute Gasteiger partial charge is 0.253 e. The van der Waals surface area contributed by atoms with Crippen molar-refractivity contribution in [2.75, 3.05) is 20.0 Å². The molecular formula is C12H13N3O3. The molecule has 1 aromatic heterocycles. The van der Waals surface area contributed by atoms with Gasteiger partial charge < -0.3 is 20.2 Å². The van der Waals surface area contributed by atoms with E-state index in [0.29, 0.717) is 22.9 Å². The van der Waals surface area contributed by atoms with Gasteiger partial charge in [0.2, 0.25) is 0 Å². The third-order valence-corrected chi connectivity index (χ3v) is 2.39. The van der Waals surface area contributed by atoms with Crippen molar-refractivity contribution in [3.8, 4) is 22.9 Å². The maximum atomic E-state index is 11.4. The van der Waals surface area contributed by atoms with Crippen LogP contribution in [0.2, 0.25) is 0 Å². The lowest BCUT2D eigenvalue weighted by Crippen LogP contribution is -2.09. The van der Waals surface area contributed by atoms with Crippen LogP contribution in [0.25, 0.3) is 11.4 Å². The van der Waals surface area contributed by atoms with Crippen LogP contribution in [0.4, 0.5) is 5.82 Å². The minimum absolute atomic E-state index is 0.163. The molecule has 1 aromatic carbocycles. The normalized spacial score (nSPS) is 10.1. The number of H-pyrrole nitrogens is 1. The van der Waals surface area contributed by atoms with Crippen LogP contribution in [0.15, 0.2) is 29.1 Å². The number of hydrogen-bond donors (Lipinski definition) is 2. The third-order valence-electron chi connectivity index (χ3n) is 2.39. The van der Waals surface area contributed by atoms with E-state index in [4.69, 9.17) is 15.2 Å². The molecule has 6 nitrogen and oxygen atoms in total. The van der Waals surface area contributed by atoms with Gasteiger partial charge >= 0.3 is 0 Å². The molecule has 1 heterocycles. The molecule has 0 fully saturated rings. The van der Waals surface area contributed by atoms with Crippen molar-refractivity contribution in [2.45, 2.75) is 0 Å². The molecule has 3 N–H and O–H groups in total. The largest absolute Gasteiger partial charge is 0.497 e. The van der Waals surface area contributed by atoms with Crippen LogP contribution in [0.1, 0.15) is 0 Å². The molecular weight excluding hydrogens is 234 g/mol. The van der Waals surface area contributed by atoms with Crippen molar-refractivity contribution in [1.82, 2.24) is 9.97 Å². The lowest BCUT2D eigenvalue weighted by molar-refractivity contribution is 0.394. The van der Waals surface area contributed by atoms with Crippen molar-refractivity contribution < 1.29 is 9.47 Å². The Hall–Kier alpha value is -2.50. The fraction of sp³-hybridized carbons (Fsp3) is 0.167. The monoisotopic (exact) mass is 247 g/mol. The zero-order valence-corrected chi connectivity index (χ0v) is 10.1. The first-order valence-electron chi connectivity index (χ1n) is 5.22. The fourth-order valence-electron chi connectivity index (χ4n) is 1.56. The molecule has 0 unspecified atom stereocenters. The molecule has 0 saturated heterocycles. The summed E-state index contributed by atoms with van der Waals surface area (Å²) in [5, 5.41) is 0. The number of ether oxygens (including phenoxy) is 2. The number of methoxy groups -OCH3 is 2. The average molecular weight is 247 g/mol. The molecule has 0 aliphatic heterocycles. The van der Waals surface area contributed by atoms with E-state index in [1.54, 1.807) is 32.4 Å². The SMILES string of the molecule is COc1cc(OC)cc(-c2nc(N)cc(=O)[nH]2)c1. The summed E-state index contributed by atoms with van der Waals surface area (Å²) in [4.78, 5) is 18.0. The van der Waals surface area contributed by atoms with Crippen LogP contribution in [0.5, 0.6) is 11.5 Å². The minimum Gasteiger partial charge on any atom is -0.497 e. The number of nitrogens with two attached hydrogens (primary N) is 1. The van der Waals surface area contributed by atoms with Crippen molar-refractivity contribution >= 4 is 5.82 Å². The van der Waals surface area contributed by atoms with Gasteiger partial charge in [-0.3, -0.25) is 4.79 Å². The first-order chi connectivity index (χ1) is 8.62. The van der Waals surface area contributed by atoms with Gasteiger partial charge in [0, 0.05) is 17.7 Å². The Balaban J connectivity index is 2.58. The Morgan fingerprint density at radius 2 is 1.72 bits per heavy atom. The Morgan fingerprint density at radius 1 is 1.11 bits per heavy atom. The Labute approximate surface area is 103 Å². The maximum absolute atomic E-state index is 11.4. The number of benzene rings is 1. The fourth-order valence-corrected chi connectivity index (χ4v) is 1.56. The average Bonchev–Trinajstić information content (AvgIpc) is 2.37. The van der Waals surface area contributed by atoms with E-state index < -0.39 is 0 Å². The van der Waals surface area contributed by atoms with E-state index in [-0.39, 0.29) is 11.4 Å². The molecule has 0 radical (unpaired) electrons. The lowest BCUT2D eigenvalue weighted by Gasteiger charge is -2.08. The molecule has 6 heteroatoms. The van der Waals surface area contributed by atoms with Gasteiger partial charge in [-0.25, -0.2) is 4.98 Å². The van der Waals surface area contributed by atoms with Crippen molar-refractivity contribution in [1.29, 1.82) is 0 Å². The summed E-state index contributed by atoms with van der Waals surface area (Å²) < 4.78 is 10.3. The molecule has 0 amide bonds. The molecule has 0 aliphatic rings. The van der Waals surface area contributed by atoms with Crippen molar-refractivity contribution in [3.63, 3.8) is 0 Å². The molecule has 0 saturated carbocycles. The van der Waals surface area contributed by atoms with Crippen LogP contribution in [0, 0.1) is 0 Å². The minimum atomic E-state index is -0.306. The zero-order chi connectivity index (χ0) is 13.1. The standard InChI is InChI=1S/C12H13N3O3/c1-17-8-3-7(4-9(5-8)18-2)12-14-10(13)6-11(16)15-12/h3-6H,1-2H3,(H3,13,14,15,16). The number of nitrogens with zero attached hydrogens (tertiary/aromatic N) is 1. The van der Waals surface area contributed by atoms with Gasteiger partial charge in [-0.2, -0.15) is 0 Å². The summed E-state index contributed by atoms with van der Waals surface area (Å²) >= 11 is 0. The summed E-state index contributed by atoms with van der Waals surface area (Å²) in [7, 11) is 3.10. The highest BCUT2D eigenvalue weighted by atomic mass is 16.5. The van der Waals surface area contributed by atoms with Gasteiger partial charge in [0.25, 0.3) is 5.56 Å². The van der Waals surface area contributed by atoms with Crippen LogP contribution < -0.4 is 20.8 Å². The summed E-state index contributed by atoms with van der Waals surface area (Å²) in [5.74, 6) is 1.75. The molecule has 2 aromatic rings. The number of rotatable bonds is 3. The van der Waals surface area contributed by atoms with Crippen molar-refractivity contribution in [3.05, 3.63) is 34.6 Å². The Kier molecular flexibility index (Phi) is 3.18. The van der Waals surface area contributed by atoms with Gasteiger partial charge in [-0.1, -0.05) is 0 Å². The predicted molar refractivity (Wildman–Crippen MR) is 67.8 cm³/mol. The first-order valence-corrected chi connectivity index (χ1v) is 5.22. The van der Waals surface area contributed by atoms with Crippen LogP contribution in [0.3, 0.4) is 0 Å². The first kappa shape index (κ1) is 12.0. The van der Waals surface area contributed by atoms with Crippen LogP contribution in [-0.4, -0.2) is 24.2 Å². The predicted octanol–water partition coefficient (Wildman–Crippen LogP) is 1.04. The van der Waals surface area contributed by atoms with E-state index in [1.807, 2.05) is 0 Å². The zero-order valence-electron chi connectivity index (χ0n) is 10.1. The van der Waals surface area contributed by atoms with Crippen LogP contribution in [-0.2, 0) is 0 Å². The second-order valence-electron chi connectivity index (χ2n) is 3.62. The van der Waals surface area contributed by atoms with E-state index in [9.17, 15) is 4.79 Å². The van der Waals surface area contributed by atoms with Gasteiger partial charge in [0.15, 0.2) is 0 Å². The molecule has 0 aliphatic carbocycles. The molecule has 0 bridgehead atoms. The van der Waals surface area contributed by atoms with E-state index in [2.05, 4.69) is 9.97 Å². The summed E-state index contributed by atoms with van der Waals surface area (Å²) in [6.07, 6.45) is 0. The highest BCUT2D eigenvalue weighted by Gasteiger charge is 2.07. The summed E-state index contributed by atoms with van der Waals surface area (Å²) in [6.45, 7) is 0. The Morgan fingerprint density at radius 3 is 2.22 bits per heavy atom. The topological polar surface area (TPSA) is 90.2 Å². The number of aromatic nitrogens is 2. The molecule has 0 atom stereocenters.